The van der Waals surface area contributed by atoms with Gasteiger partial charge in [-0.05, 0) is 29.8 Å². The first kappa shape index (κ1) is 18.3. The zero-order valence-electron chi connectivity index (χ0n) is 14.9. The Hall–Kier alpha value is -3.06. The van der Waals surface area contributed by atoms with E-state index in [4.69, 9.17) is 25.8 Å². The summed E-state index contributed by atoms with van der Waals surface area (Å²) in [5.41, 5.74) is 1.14. The van der Waals surface area contributed by atoms with Crippen LogP contribution in [0.5, 0.6) is 11.5 Å². The maximum atomic E-state index is 12.4. The Bertz CT molecular complexity index is 1100. The average molecular weight is 401 g/mol. The largest absolute Gasteiger partial charge is 0.486 e. The molecule has 1 aromatic heterocycles. The van der Waals surface area contributed by atoms with E-state index in [0.717, 1.165) is 0 Å². The normalized spacial score (nSPS) is 12.8. The van der Waals surface area contributed by atoms with Crippen molar-refractivity contribution in [3.05, 3.63) is 63.7 Å². The molecule has 3 aromatic rings. The van der Waals surface area contributed by atoms with E-state index in [1.807, 2.05) is 6.07 Å². The minimum Gasteiger partial charge on any atom is -0.486 e. The molecule has 0 saturated heterocycles. The monoisotopic (exact) mass is 400 g/mol. The molecule has 7 nitrogen and oxygen atoms in total. The highest BCUT2D eigenvalue weighted by Crippen LogP contribution is 2.38. The van der Waals surface area contributed by atoms with Crippen molar-refractivity contribution in [1.29, 1.82) is 0 Å². The molecule has 0 fully saturated rings. The van der Waals surface area contributed by atoms with Crippen molar-refractivity contribution in [3.63, 3.8) is 0 Å². The Morgan fingerprint density at radius 3 is 2.93 bits per heavy atom. The van der Waals surface area contributed by atoms with Crippen LogP contribution >= 0.6 is 11.6 Å². The van der Waals surface area contributed by atoms with E-state index in [9.17, 15) is 9.59 Å². The van der Waals surface area contributed by atoms with Crippen LogP contribution in [0.3, 0.4) is 0 Å². The zero-order chi connectivity index (χ0) is 19.5. The van der Waals surface area contributed by atoms with Gasteiger partial charge in [0.15, 0.2) is 11.5 Å². The van der Waals surface area contributed by atoms with Crippen molar-refractivity contribution < 1.29 is 19.0 Å². The highest BCUT2D eigenvalue weighted by Gasteiger charge is 2.17. The van der Waals surface area contributed by atoms with Crippen LogP contribution in [0.4, 0.5) is 0 Å². The van der Waals surface area contributed by atoms with Crippen molar-refractivity contribution in [1.82, 2.24) is 9.55 Å². The third-order valence-corrected chi connectivity index (χ3v) is 4.63. The maximum Gasteiger partial charge on any atom is 0.307 e. The van der Waals surface area contributed by atoms with Crippen LogP contribution in [-0.4, -0.2) is 28.7 Å². The number of nitrogens with zero attached hydrogens (tertiary/aromatic N) is 2. The molecule has 0 saturated carbocycles. The summed E-state index contributed by atoms with van der Waals surface area (Å²) in [6.07, 6.45) is 1.50. The number of hydrogen-bond donors (Lipinski definition) is 0. The molecule has 28 heavy (non-hydrogen) atoms. The lowest BCUT2D eigenvalue weighted by molar-refractivity contribution is -0.145. The van der Waals surface area contributed by atoms with Crippen LogP contribution in [0.1, 0.15) is 12.0 Å². The molecule has 144 valence electrons. The summed E-state index contributed by atoms with van der Waals surface area (Å²) in [6.45, 7) is 1.14. The number of halogens is 1. The molecule has 1 aliphatic rings. The molecule has 0 aliphatic carbocycles. The molecule has 0 amide bonds. The summed E-state index contributed by atoms with van der Waals surface area (Å²) in [5.74, 6) is 0.621. The van der Waals surface area contributed by atoms with Gasteiger partial charge in [0.2, 0.25) is 0 Å². The first-order chi connectivity index (χ1) is 13.6. The molecule has 0 N–H and O–H groups in total. The van der Waals surface area contributed by atoms with Crippen LogP contribution in [0.25, 0.3) is 10.9 Å². The van der Waals surface area contributed by atoms with Crippen molar-refractivity contribution in [2.75, 3.05) is 13.2 Å². The van der Waals surface area contributed by atoms with Gasteiger partial charge in [0.25, 0.3) is 5.56 Å². The number of aromatic nitrogens is 2. The summed E-state index contributed by atoms with van der Waals surface area (Å²) in [7, 11) is 0. The number of hydrogen-bond acceptors (Lipinski definition) is 6. The minimum atomic E-state index is -0.425. The molecular formula is C20H17ClN2O5. The quantitative estimate of drug-likeness (QED) is 0.612. The van der Waals surface area contributed by atoms with Crippen LogP contribution in [-0.2, 0) is 22.7 Å². The summed E-state index contributed by atoms with van der Waals surface area (Å²) >= 11 is 6.18. The smallest absolute Gasteiger partial charge is 0.307 e. The van der Waals surface area contributed by atoms with Crippen LogP contribution in [0, 0.1) is 0 Å². The van der Waals surface area contributed by atoms with E-state index in [0.29, 0.717) is 46.2 Å². The molecule has 0 unspecified atom stereocenters. The van der Waals surface area contributed by atoms with Crippen molar-refractivity contribution in [3.8, 4) is 11.5 Å². The Morgan fingerprint density at radius 2 is 2.04 bits per heavy atom. The standard InChI is InChI=1S/C20H17ClN2O5/c21-15-9-13(10-17-19(15)27-8-7-26-17)11-28-18(24)5-6-23-12-22-16-4-2-1-3-14(16)20(23)25/h1-4,9-10,12H,5-8,11H2. The Labute approximate surface area is 165 Å². The molecule has 2 aromatic carbocycles. The van der Waals surface area contributed by atoms with E-state index in [2.05, 4.69) is 4.98 Å². The Morgan fingerprint density at radius 1 is 1.21 bits per heavy atom. The van der Waals surface area contributed by atoms with Gasteiger partial charge in [-0.25, -0.2) is 4.98 Å². The molecule has 8 heteroatoms. The van der Waals surface area contributed by atoms with Gasteiger partial charge in [-0.2, -0.15) is 0 Å². The van der Waals surface area contributed by atoms with E-state index in [-0.39, 0.29) is 25.1 Å². The van der Waals surface area contributed by atoms with Crippen LogP contribution in [0.2, 0.25) is 5.02 Å². The van der Waals surface area contributed by atoms with Gasteiger partial charge in [-0.3, -0.25) is 14.2 Å². The maximum absolute atomic E-state index is 12.4. The number of carbonyl (C=O) groups excluding carboxylic acids is 1. The van der Waals surface area contributed by atoms with Crippen molar-refractivity contribution >= 4 is 28.5 Å². The second-order valence-corrected chi connectivity index (χ2v) is 6.68. The third-order valence-electron chi connectivity index (χ3n) is 4.34. The SMILES string of the molecule is O=C(CCn1cnc2ccccc2c1=O)OCc1cc(Cl)c2c(c1)OCCO2. The molecule has 0 spiro atoms. The molecule has 4 rings (SSSR count). The number of ether oxygens (including phenoxy) is 3. The third kappa shape index (κ3) is 3.80. The number of aryl methyl sites for hydroxylation is 1. The van der Waals surface area contributed by atoms with Crippen LogP contribution in [0.15, 0.2) is 47.5 Å². The van der Waals surface area contributed by atoms with E-state index in [1.54, 1.807) is 30.3 Å². The number of benzene rings is 2. The fourth-order valence-corrected chi connectivity index (χ4v) is 3.25. The summed E-state index contributed by atoms with van der Waals surface area (Å²) < 4.78 is 17.7. The first-order valence-electron chi connectivity index (χ1n) is 8.79. The van der Waals surface area contributed by atoms with Gasteiger partial charge in [0, 0.05) is 6.54 Å². The van der Waals surface area contributed by atoms with Gasteiger partial charge in [0.05, 0.1) is 28.7 Å². The molecule has 0 bridgehead atoms. The second kappa shape index (κ2) is 7.90. The first-order valence-corrected chi connectivity index (χ1v) is 9.17. The predicted octanol–water partition coefficient (Wildman–Crippen LogP) is 2.95. The number of para-hydroxylation sites is 1. The number of esters is 1. The van der Waals surface area contributed by atoms with E-state index >= 15 is 0 Å². The average Bonchev–Trinajstić information content (AvgIpc) is 2.72. The number of fused-ring (bicyclic) bond motifs is 2. The van der Waals surface area contributed by atoms with Gasteiger partial charge in [-0.15, -0.1) is 0 Å². The van der Waals surface area contributed by atoms with E-state index in [1.165, 1.54) is 10.9 Å². The van der Waals surface area contributed by atoms with E-state index < -0.39 is 5.97 Å². The molecule has 1 aliphatic heterocycles. The minimum absolute atomic E-state index is 0.0538. The summed E-state index contributed by atoms with van der Waals surface area (Å²) in [5, 5.41) is 0.932. The lowest BCUT2D eigenvalue weighted by Crippen LogP contribution is -2.22. The van der Waals surface area contributed by atoms with Gasteiger partial charge in [-0.1, -0.05) is 23.7 Å². The second-order valence-electron chi connectivity index (χ2n) is 6.27. The lowest BCUT2D eigenvalue weighted by Gasteiger charge is -2.20. The molecular weight excluding hydrogens is 384 g/mol. The van der Waals surface area contributed by atoms with Gasteiger partial charge >= 0.3 is 5.97 Å². The van der Waals surface area contributed by atoms with Gasteiger partial charge < -0.3 is 14.2 Å². The highest BCUT2D eigenvalue weighted by molar-refractivity contribution is 6.32. The summed E-state index contributed by atoms with van der Waals surface area (Å²) in [6, 6.07) is 10.5. The highest BCUT2D eigenvalue weighted by atomic mass is 35.5. The lowest BCUT2D eigenvalue weighted by atomic mass is 10.2. The Balaban J connectivity index is 1.37. The molecule has 0 radical (unpaired) electrons. The fourth-order valence-electron chi connectivity index (χ4n) is 2.96. The molecule has 0 atom stereocenters. The van der Waals surface area contributed by atoms with Crippen molar-refractivity contribution in [2.24, 2.45) is 0 Å². The molecule has 2 heterocycles. The number of carbonyl (C=O) groups is 1. The fraction of sp³-hybridized carbons (Fsp3) is 0.250. The zero-order valence-corrected chi connectivity index (χ0v) is 15.6. The topological polar surface area (TPSA) is 79.7 Å². The van der Waals surface area contributed by atoms with Crippen LogP contribution < -0.4 is 15.0 Å². The predicted molar refractivity (Wildman–Crippen MR) is 103 cm³/mol. The summed E-state index contributed by atoms with van der Waals surface area (Å²) in [4.78, 5) is 28.8. The number of rotatable bonds is 5. The van der Waals surface area contributed by atoms with Crippen molar-refractivity contribution in [2.45, 2.75) is 19.6 Å². The Kier molecular flexibility index (Phi) is 5.16. The van der Waals surface area contributed by atoms with Gasteiger partial charge in [0.1, 0.15) is 19.8 Å².